The molecule has 0 aliphatic heterocycles. The van der Waals surface area contributed by atoms with E-state index in [0.29, 0.717) is 22.6 Å². The third-order valence-corrected chi connectivity index (χ3v) is 5.49. The number of nitrogens with two attached hydrogens (primary N) is 2. The van der Waals surface area contributed by atoms with Crippen molar-refractivity contribution in [1.29, 1.82) is 0 Å². The molecule has 9 heteroatoms. The van der Waals surface area contributed by atoms with Crippen LogP contribution in [0.5, 0.6) is 5.75 Å². The number of hydrogen-bond donors (Lipinski definition) is 3. The van der Waals surface area contributed by atoms with Gasteiger partial charge in [-0.05, 0) is 56.7 Å². The molecule has 0 spiro atoms. The monoisotopic (exact) mass is 445 g/mol. The first-order valence-corrected chi connectivity index (χ1v) is 11.3. The van der Waals surface area contributed by atoms with Gasteiger partial charge in [0.05, 0.1) is 19.3 Å². The van der Waals surface area contributed by atoms with Crippen LogP contribution in [0.1, 0.15) is 31.9 Å². The molecule has 0 aromatic heterocycles. The van der Waals surface area contributed by atoms with E-state index in [-0.39, 0.29) is 19.3 Å². The van der Waals surface area contributed by atoms with Gasteiger partial charge in [0.1, 0.15) is 11.8 Å². The first-order valence-electron chi connectivity index (χ1n) is 9.77. The van der Waals surface area contributed by atoms with Crippen LogP contribution in [0.2, 0.25) is 0 Å². The summed E-state index contributed by atoms with van der Waals surface area (Å²) < 4.78 is 30.0. The average Bonchev–Trinajstić information content (AvgIpc) is 2.71. The maximum absolute atomic E-state index is 13.5. The number of nitrogens with one attached hydrogen (secondary N) is 1. The Morgan fingerprint density at radius 1 is 1.16 bits per heavy atom. The molecule has 31 heavy (non-hydrogen) atoms. The number of hydrogen-bond acceptors (Lipinski definition) is 7. The summed E-state index contributed by atoms with van der Waals surface area (Å²) in [6.07, 6.45) is -0.317. The third-order valence-electron chi connectivity index (χ3n) is 3.87. The van der Waals surface area contributed by atoms with Crippen molar-refractivity contribution in [3.63, 3.8) is 0 Å². The zero-order valence-electron chi connectivity index (χ0n) is 17.8. The molecular weight excluding hydrogens is 417 g/mol. The Morgan fingerprint density at radius 2 is 1.87 bits per heavy atom. The second kappa shape index (κ2) is 11.5. The number of carbonyl (C=O) groups is 1. The van der Waals surface area contributed by atoms with E-state index in [1.54, 1.807) is 62.4 Å². The van der Waals surface area contributed by atoms with Gasteiger partial charge in [-0.3, -0.25) is 9.32 Å². The molecule has 0 aliphatic carbocycles. The molecule has 0 radical (unpaired) electrons. The molecule has 166 valence electrons. The predicted octanol–water partition coefficient (Wildman–Crippen LogP) is 3.21. The van der Waals surface area contributed by atoms with Crippen LogP contribution in [0.3, 0.4) is 0 Å². The first kappa shape index (κ1) is 24.4. The minimum absolute atomic E-state index is 0.122. The lowest BCUT2D eigenvalue weighted by molar-refractivity contribution is -0.149. The number of anilines is 1. The lowest BCUT2D eigenvalue weighted by atomic mass is 10.1. The van der Waals surface area contributed by atoms with E-state index in [9.17, 15) is 9.36 Å². The second-order valence-electron chi connectivity index (χ2n) is 6.93. The second-order valence-corrected chi connectivity index (χ2v) is 8.63. The van der Waals surface area contributed by atoms with Gasteiger partial charge in [0, 0.05) is 11.3 Å². The fourth-order valence-electron chi connectivity index (χ4n) is 2.49. The number of ether oxygens (including phenoxy) is 1. The summed E-state index contributed by atoms with van der Waals surface area (Å²) in [6, 6.07) is 12.7. The summed E-state index contributed by atoms with van der Waals surface area (Å²) in [5.41, 5.74) is 13.1. The SMILES string of the molecule is CC(C)OC(=O)[C@H](C)NP(=O)(OCc1cc(N)ccc1C#CCN)Oc1ccccc1. The van der Waals surface area contributed by atoms with E-state index < -0.39 is 19.8 Å². The van der Waals surface area contributed by atoms with E-state index in [4.69, 9.17) is 25.3 Å². The zero-order chi connectivity index (χ0) is 22.9. The molecule has 2 rings (SSSR count). The number of rotatable bonds is 9. The molecular formula is C22H28N3O5P. The Kier molecular flexibility index (Phi) is 9.10. The maximum atomic E-state index is 13.5. The topological polar surface area (TPSA) is 126 Å². The van der Waals surface area contributed by atoms with Crippen LogP contribution in [0, 0.1) is 11.8 Å². The van der Waals surface area contributed by atoms with Crippen molar-refractivity contribution in [3.8, 4) is 17.6 Å². The Hall–Kier alpha value is -2.82. The lowest BCUT2D eigenvalue weighted by Gasteiger charge is -2.23. The van der Waals surface area contributed by atoms with E-state index in [1.165, 1.54) is 6.92 Å². The summed E-state index contributed by atoms with van der Waals surface area (Å²) in [5, 5.41) is 2.64. The van der Waals surface area contributed by atoms with Gasteiger partial charge in [-0.25, -0.2) is 4.57 Å². The molecule has 1 unspecified atom stereocenters. The van der Waals surface area contributed by atoms with Crippen molar-refractivity contribution in [2.75, 3.05) is 12.3 Å². The molecule has 2 aromatic carbocycles. The lowest BCUT2D eigenvalue weighted by Crippen LogP contribution is -2.36. The zero-order valence-corrected chi connectivity index (χ0v) is 18.7. The number of nitrogen functional groups attached to an aromatic ring is 1. The summed E-state index contributed by atoms with van der Waals surface area (Å²) in [6.45, 7) is 5.05. The maximum Gasteiger partial charge on any atom is 0.459 e. The van der Waals surface area contributed by atoms with Crippen molar-refractivity contribution in [2.24, 2.45) is 5.73 Å². The number of esters is 1. The van der Waals surface area contributed by atoms with E-state index in [0.717, 1.165) is 0 Å². The molecule has 0 aliphatic rings. The molecule has 0 bridgehead atoms. The number of benzene rings is 2. The van der Waals surface area contributed by atoms with Gasteiger partial charge in [0.25, 0.3) is 0 Å². The van der Waals surface area contributed by atoms with Gasteiger partial charge < -0.3 is 20.7 Å². The fraction of sp³-hybridized carbons (Fsp3) is 0.318. The average molecular weight is 445 g/mol. The van der Waals surface area contributed by atoms with Crippen molar-refractivity contribution < 1.29 is 23.1 Å². The Bertz CT molecular complexity index is 986. The Morgan fingerprint density at radius 3 is 2.52 bits per heavy atom. The molecule has 8 nitrogen and oxygen atoms in total. The molecule has 0 saturated carbocycles. The fourth-order valence-corrected chi connectivity index (χ4v) is 3.96. The standard InChI is InChI=1S/C22H28N3O5P/c1-16(2)29-22(26)17(3)25-31(27,30-21-9-5-4-6-10-21)28-15-19-14-20(24)12-11-18(19)8-7-13-23/h4-6,9-12,14,16-17H,13,15,23-24H2,1-3H3,(H,25,27)/t17-,31?/m0/s1. The highest BCUT2D eigenvalue weighted by molar-refractivity contribution is 7.52. The van der Waals surface area contributed by atoms with Crippen molar-refractivity contribution in [1.82, 2.24) is 5.09 Å². The molecule has 0 heterocycles. The summed E-state index contributed by atoms with van der Waals surface area (Å²) in [4.78, 5) is 12.2. The highest BCUT2D eigenvalue weighted by Crippen LogP contribution is 2.46. The van der Waals surface area contributed by atoms with Gasteiger partial charge in [0.15, 0.2) is 0 Å². The minimum atomic E-state index is -3.99. The number of para-hydroxylation sites is 1. The van der Waals surface area contributed by atoms with Crippen molar-refractivity contribution in [2.45, 2.75) is 39.5 Å². The largest absolute Gasteiger partial charge is 0.462 e. The van der Waals surface area contributed by atoms with E-state index in [2.05, 4.69) is 16.9 Å². The summed E-state index contributed by atoms with van der Waals surface area (Å²) in [5.74, 6) is 5.45. The summed E-state index contributed by atoms with van der Waals surface area (Å²) in [7, 11) is -3.99. The van der Waals surface area contributed by atoms with Crippen LogP contribution >= 0.6 is 7.75 Å². The van der Waals surface area contributed by atoms with Crippen LogP contribution in [0.25, 0.3) is 0 Å². The Balaban J connectivity index is 2.26. The first-order chi connectivity index (χ1) is 14.7. The van der Waals surface area contributed by atoms with Gasteiger partial charge in [-0.2, -0.15) is 5.09 Å². The molecule has 2 aromatic rings. The normalized spacial score (nSPS) is 13.6. The van der Waals surface area contributed by atoms with E-state index >= 15 is 0 Å². The van der Waals surface area contributed by atoms with Crippen LogP contribution in [0.4, 0.5) is 5.69 Å². The van der Waals surface area contributed by atoms with Gasteiger partial charge in [0.2, 0.25) is 0 Å². The van der Waals surface area contributed by atoms with E-state index in [1.807, 2.05) is 0 Å². The van der Waals surface area contributed by atoms with Crippen LogP contribution < -0.4 is 21.1 Å². The quantitative estimate of drug-likeness (QED) is 0.233. The smallest absolute Gasteiger partial charge is 0.459 e. The van der Waals surface area contributed by atoms with Crippen molar-refractivity contribution in [3.05, 3.63) is 59.7 Å². The molecule has 2 atom stereocenters. The van der Waals surface area contributed by atoms with Crippen LogP contribution in [-0.2, 0) is 25.2 Å². The van der Waals surface area contributed by atoms with Gasteiger partial charge in [-0.1, -0.05) is 30.0 Å². The van der Waals surface area contributed by atoms with Gasteiger partial charge in [-0.15, -0.1) is 0 Å². The molecule has 0 saturated heterocycles. The number of carbonyl (C=O) groups excluding carboxylic acids is 1. The van der Waals surface area contributed by atoms with Crippen LogP contribution in [-0.4, -0.2) is 24.7 Å². The molecule has 5 N–H and O–H groups in total. The van der Waals surface area contributed by atoms with Gasteiger partial charge >= 0.3 is 13.7 Å². The predicted molar refractivity (Wildman–Crippen MR) is 120 cm³/mol. The van der Waals surface area contributed by atoms with Crippen LogP contribution in [0.15, 0.2) is 48.5 Å². The molecule has 0 amide bonds. The highest BCUT2D eigenvalue weighted by atomic mass is 31.2. The van der Waals surface area contributed by atoms with Crippen molar-refractivity contribution >= 4 is 19.4 Å². The minimum Gasteiger partial charge on any atom is -0.462 e. The summed E-state index contributed by atoms with van der Waals surface area (Å²) >= 11 is 0. The Labute approximate surface area is 182 Å². The third kappa shape index (κ3) is 8.08. The molecule has 0 fully saturated rings. The highest BCUT2D eigenvalue weighted by Gasteiger charge is 2.32.